The lowest BCUT2D eigenvalue weighted by Gasteiger charge is -2.22. The van der Waals surface area contributed by atoms with Gasteiger partial charge in [0.05, 0.1) is 5.69 Å². The molecule has 0 saturated heterocycles. The lowest BCUT2D eigenvalue weighted by Crippen LogP contribution is -2.36. The molecular weight excluding hydrogens is 318 g/mol. The smallest absolute Gasteiger partial charge is 0.263 e. The van der Waals surface area contributed by atoms with E-state index < -0.39 is 0 Å². The molecule has 1 aromatic carbocycles. The van der Waals surface area contributed by atoms with Gasteiger partial charge in [0.2, 0.25) is 0 Å². The standard InChI is InChI=1S/C19H21N3OS/c1-13-17(18(23)20-15-10-6-3-7-11-15)24-19-21-16(12-22(13)19)14-8-4-2-5-9-14/h2,4-5,8-9,12,15H,3,6-7,10-11H2,1H3,(H,20,23). The quantitative estimate of drug-likeness (QED) is 0.767. The van der Waals surface area contributed by atoms with E-state index in [2.05, 4.69) is 17.4 Å². The first-order valence-electron chi connectivity index (χ1n) is 8.57. The zero-order valence-corrected chi connectivity index (χ0v) is 14.6. The Hall–Kier alpha value is -2.14. The van der Waals surface area contributed by atoms with Gasteiger partial charge in [0.15, 0.2) is 4.96 Å². The first-order chi connectivity index (χ1) is 11.7. The molecule has 3 aromatic rings. The van der Waals surface area contributed by atoms with Gasteiger partial charge in [-0.3, -0.25) is 9.20 Å². The summed E-state index contributed by atoms with van der Waals surface area (Å²) in [4.78, 5) is 19.0. The normalized spacial score (nSPS) is 15.7. The summed E-state index contributed by atoms with van der Waals surface area (Å²) in [6, 6.07) is 10.5. The van der Waals surface area contributed by atoms with E-state index in [-0.39, 0.29) is 5.91 Å². The number of thiazole rings is 1. The Morgan fingerprint density at radius 3 is 2.67 bits per heavy atom. The lowest BCUT2D eigenvalue weighted by molar-refractivity contribution is 0.0931. The number of imidazole rings is 1. The molecule has 4 nitrogen and oxygen atoms in total. The van der Waals surface area contributed by atoms with Crippen LogP contribution in [-0.4, -0.2) is 21.3 Å². The van der Waals surface area contributed by atoms with Crippen molar-refractivity contribution < 1.29 is 4.79 Å². The molecule has 1 amide bonds. The van der Waals surface area contributed by atoms with Gasteiger partial charge in [0, 0.05) is 23.5 Å². The number of fused-ring (bicyclic) bond motifs is 1. The molecule has 1 fully saturated rings. The Morgan fingerprint density at radius 1 is 1.21 bits per heavy atom. The maximum absolute atomic E-state index is 12.6. The highest BCUT2D eigenvalue weighted by molar-refractivity contribution is 7.19. The predicted octanol–water partition coefficient (Wildman–Crippen LogP) is 4.43. The van der Waals surface area contributed by atoms with Crippen molar-refractivity contribution in [3.8, 4) is 11.3 Å². The van der Waals surface area contributed by atoms with Gasteiger partial charge in [-0.25, -0.2) is 4.98 Å². The second-order valence-electron chi connectivity index (χ2n) is 6.47. The average Bonchev–Trinajstić information content (AvgIpc) is 3.16. The number of hydrogen-bond donors (Lipinski definition) is 1. The molecule has 1 N–H and O–H groups in total. The van der Waals surface area contributed by atoms with Gasteiger partial charge in [-0.15, -0.1) is 0 Å². The van der Waals surface area contributed by atoms with Crippen LogP contribution < -0.4 is 5.32 Å². The molecule has 0 aliphatic heterocycles. The van der Waals surface area contributed by atoms with Crippen molar-refractivity contribution in [2.45, 2.75) is 45.1 Å². The van der Waals surface area contributed by atoms with E-state index in [0.29, 0.717) is 6.04 Å². The highest BCUT2D eigenvalue weighted by atomic mass is 32.1. The van der Waals surface area contributed by atoms with Crippen molar-refractivity contribution in [1.82, 2.24) is 14.7 Å². The fourth-order valence-electron chi connectivity index (χ4n) is 3.41. The van der Waals surface area contributed by atoms with Crippen molar-refractivity contribution in [3.05, 3.63) is 47.1 Å². The molecule has 1 aliphatic rings. The SMILES string of the molecule is Cc1c(C(=O)NC2CCCCC2)sc2nc(-c3ccccc3)cn12. The van der Waals surface area contributed by atoms with Crippen LogP contribution in [0.15, 0.2) is 36.5 Å². The average molecular weight is 339 g/mol. The summed E-state index contributed by atoms with van der Waals surface area (Å²) in [5.41, 5.74) is 3.02. The highest BCUT2D eigenvalue weighted by Gasteiger charge is 2.21. The van der Waals surface area contributed by atoms with Crippen LogP contribution in [0.2, 0.25) is 0 Å². The van der Waals surface area contributed by atoms with E-state index in [1.807, 2.05) is 35.7 Å². The molecule has 1 saturated carbocycles. The molecular formula is C19H21N3OS. The summed E-state index contributed by atoms with van der Waals surface area (Å²) in [6.07, 6.45) is 7.96. The number of rotatable bonds is 3. The monoisotopic (exact) mass is 339 g/mol. The van der Waals surface area contributed by atoms with Crippen LogP contribution in [0.3, 0.4) is 0 Å². The van der Waals surface area contributed by atoms with Gasteiger partial charge in [-0.1, -0.05) is 60.9 Å². The minimum absolute atomic E-state index is 0.0520. The summed E-state index contributed by atoms with van der Waals surface area (Å²) >= 11 is 1.48. The number of aryl methyl sites for hydroxylation is 1. The van der Waals surface area contributed by atoms with Crippen molar-refractivity contribution in [2.24, 2.45) is 0 Å². The summed E-state index contributed by atoms with van der Waals surface area (Å²) in [7, 11) is 0. The van der Waals surface area contributed by atoms with Crippen LogP contribution in [0.25, 0.3) is 16.2 Å². The van der Waals surface area contributed by atoms with Crippen LogP contribution in [-0.2, 0) is 0 Å². The molecule has 24 heavy (non-hydrogen) atoms. The van der Waals surface area contributed by atoms with Gasteiger partial charge in [-0.05, 0) is 19.8 Å². The molecule has 1 aliphatic carbocycles. The summed E-state index contributed by atoms with van der Waals surface area (Å²) in [5, 5.41) is 3.20. The third kappa shape index (κ3) is 2.84. The Bertz CT molecular complexity index is 860. The Labute approximate surface area is 145 Å². The largest absolute Gasteiger partial charge is 0.349 e. The van der Waals surface area contributed by atoms with Gasteiger partial charge in [-0.2, -0.15) is 0 Å². The van der Waals surface area contributed by atoms with E-state index in [4.69, 9.17) is 4.98 Å². The second-order valence-corrected chi connectivity index (χ2v) is 7.45. The predicted molar refractivity (Wildman–Crippen MR) is 97.6 cm³/mol. The summed E-state index contributed by atoms with van der Waals surface area (Å²) < 4.78 is 2.03. The molecule has 0 bridgehead atoms. The summed E-state index contributed by atoms with van der Waals surface area (Å²) in [6.45, 7) is 2.00. The number of carbonyl (C=O) groups excluding carboxylic acids is 1. The molecule has 0 unspecified atom stereocenters. The van der Waals surface area contributed by atoms with Crippen LogP contribution >= 0.6 is 11.3 Å². The van der Waals surface area contributed by atoms with Crippen molar-refractivity contribution in [3.63, 3.8) is 0 Å². The number of nitrogens with one attached hydrogen (secondary N) is 1. The van der Waals surface area contributed by atoms with E-state index in [1.54, 1.807) is 0 Å². The minimum Gasteiger partial charge on any atom is -0.349 e. The number of carbonyl (C=O) groups is 1. The molecule has 0 spiro atoms. The maximum Gasteiger partial charge on any atom is 0.263 e. The van der Waals surface area contributed by atoms with Gasteiger partial charge >= 0.3 is 0 Å². The van der Waals surface area contributed by atoms with Crippen molar-refractivity contribution >= 4 is 22.2 Å². The molecule has 4 rings (SSSR count). The van der Waals surface area contributed by atoms with E-state index in [0.717, 1.165) is 39.6 Å². The first kappa shape index (κ1) is 15.4. The Kier molecular flexibility index (Phi) is 4.10. The Morgan fingerprint density at radius 2 is 1.96 bits per heavy atom. The van der Waals surface area contributed by atoms with E-state index in [1.165, 1.54) is 30.6 Å². The van der Waals surface area contributed by atoms with Gasteiger partial charge in [0.1, 0.15) is 4.88 Å². The van der Waals surface area contributed by atoms with Gasteiger partial charge in [0.25, 0.3) is 5.91 Å². The number of nitrogens with zero attached hydrogens (tertiary/aromatic N) is 2. The first-order valence-corrected chi connectivity index (χ1v) is 9.39. The zero-order chi connectivity index (χ0) is 16.5. The third-order valence-electron chi connectivity index (χ3n) is 4.77. The molecule has 0 atom stereocenters. The highest BCUT2D eigenvalue weighted by Crippen LogP contribution is 2.27. The second kappa shape index (κ2) is 6.40. The third-order valence-corrected chi connectivity index (χ3v) is 5.93. The van der Waals surface area contributed by atoms with Crippen LogP contribution in [0.4, 0.5) is 0 Å². The molecule has 2 aromatic heterocycles. The number of hydrogen-bond acceptors (Lipinski definition) is 3. The maximum atomic E-state index is 12.6. The van der Waals surface area contributed by atoms with Crippen molar-refractivity contribution in [1.29, 1.82) is 0 Å². The molecule has 5 heteroatoms. The fourth-order valence-corrected chi connectivity index (χ4v) is 4.42. The lowest BCUT2D eigenvalue weighted by atomic mass is 9.95. The molecule has 0 radical (unpaired) electrons. The van der Waals surface area contributed by atoms with Crippen LogP contribution in [0.5, 0.6) is 0 Å². The van der Waals surface area contributed by atoms with Gasteiger partial charge < -0.3 is 5.32 Å². The topological polar surface area (TPSA) is 46.4 Å². The zero-order valence-electron chi connectivity index (χ0n) is 13.8. The van der Waals surface area contributed by atoms with Crippen LogP contribution in [0, 0.1) is 6.92 Å². The number of aromatic nitrogens is 2. The minimum atomic E-state index is 0.0520. The fraction of sp³-hybridized carbons (Fsp3) is 0.368. The number of amides is 1. The van der Waals surface area contributed by atoms with Crippen LogP contribution in [0.1, 0.15) is 47.5 Å². The van der Waals surface area contributed by atoms with Crippen molar-refractivity contribution in [2.75, 3.05) is 0 Å². The van der Waals surface area contributed by atoms with E-state index in [9.17, 15) is 4.79 Å². The molecule has 124 valence electrons. The van der Waals surface area contributed by atoms with E-state index >= 15 is 0 Å². The molecule has 2 heterocycles. The Balaban J connectivity index is 1.59. The number of benzene rings is 1. The summed E-state index contributed by atoms with van der Waals surface area (Å²) in [5.74, 6) is 0.0520.